The van der Waals surface area contributed by atoms with Gasteiger partial charge in [0, 0.05) is 13.0 Å². The molecule has 8 heteroatoms. The molecule has 0 aliphatic heterocycles. The fraction of sp³-hybridized carbons (Fsp3) is 0.391. The zero-order valence-corrected chi connectivity index (χ0v) is 19.9. The van der Waals surface area contributed by atoms with Crippen LogP contribution in [0.1, 0.15) is 45.1 Å². The summed E-state index contributed by atoms with van der Waals surface area (Å²) < 4.78 is 33.2. The molecule has 0 saturated carbocycles. The Bertz CT molecular complexity index is 1240. The highest BCUT2D eigenvalue weighted by molar-refractivity contribution is 7.91. The van der Waals surface area contributed by atoms with Gasteiger partial charge in [-0.05, 0) is 61.2 Å². The van der Waals surface area contributed by atoms with Crippen molar-refractivity contribution in [2.24, 2.45) is 4.99 Å². The summed E-state index contributed by atoms with van der Waals surface area (Å²) in [7, 11) is -1.92. The fourth-order valence-corrected chi connectivity index (χ4v) is 5.79. The van der Waals surface area contributed by atoms with E-state index in [1.807, 2.05) is 11.5 Å². The lowest BCUT2D eigenvalue weighted by molar-refractivity contribution is -0.118. The van der Waals surface area contributed by atoms with E-state index < -0.39 is 9.84 Å². The second-order valence-corrected chi connectivity index (χ2v) is 10.7. The van der Waals surface area contributed by atoms with Crippen LogP contribution in [0.15, 0.2) is 52.4 Å². The molecule has 3 aromatic rings. The first kappa shape index (κ1) is 23.2. The second-order valence-electron chi connectivity index (χ2n) is 7.61. The molecule has 0 radical (unpaired) electrons. The Morgan fingerprint density at radius 2 is 1.87 bits per heavy atom. The van der Waals surface area contributed by atoms with Gasteiger partial charge >= 0.3 is 0 Å². The van der Waals surface area contributed by atoms with Crippen molar-refractivity contribution in [3.05, 3.63) is 52.8 Å². The maximum Gasteiger partial charge on any atom is 0.248 e. The van der Waals surface area contributed by atoms with E-state index in [9.17, 15) is 13.2 Å². The summed E-state index contributed by atoms with van der Waals surface area (Å²) in [6, 6.07) is 12.6. The first-order valence-electron chi connectivity index (χ1n) is 10.3. The zero-order chi connectivity index (χ0) is 22.6. The topological polar surface area (TPSA) is 77.7 Å². The maximum atomic E-state index is 12.5. The smallest absolute Gasteiger partial charge is 0.248 e. The Morgan fingerprint density at radius 3 is 2.48 bits per heavy atom. The lowest BCUT2D eigenvalue weighted by Crippen LogP contribution is -2.16. The standard InChI is InChI=1S/C23H28N2O4S2/c1-5-25-20-13-8-17(16(2)3)15-21(20)30-23(25)24-22(26)7-6-14-31(27,28)19-11-9-18(29-4)10-12-19/h8-13,15-16H,5-7,14H2,1-4H3. The molecule has 6 nitrogen and oxygen atoms in total. The Morgan fingerprint density at radius 1 is 1.16 bits per heavy atom. The van der Waals surface area contributed by atoms with Crippen LogP contribution in [0.2, 0.25) is 0 Å². The Kier molecular flexibility index (Phi) is 7.33. The van der Waals surface area contributed by atoms with Crippen LogP contribution in [0.3, 0.4) is 0 Å². The van der Waals surface area contributed by atoms with Crippen molar-refractivity contribution >= 4 is 37.3 Å². The highest BCUT2D eigenvalue weighted by Gasteiger charge is 2.15. The number of aryl methyl sites for hydroxylation is 1. The molecule has 0 bridgehead atoms. The van der Waals surface area contributed by atoms with E-state index in [0.717, 1.165) is 10.2 Å². The van der Waals surface area contributed by atoms with E-state index in [-0.39, 0.29) is 29.4 Å². The molecule has 1 amide bonds. The van der Waals surface area contributed by atoms with Gasteiger partial charge in [-0.25, -0.2) is 8.42 Å². The van der Waals surface area contributed by atoms with Crippen molar-refractivity contribution in [1.82, 2.24) is 4.57 Å². The van der Waals surface area contributed by atoms with Gasteiger partial charge in [-0.3, -0.25) is 4.79 Å². The fourth-order valence-electron chi connectivity index (χ4n) is 3.32. The summed E-state index contributed by atoms with van der Waals surface area (Å²) in [5.41, 5.74) is 2.31. The van der Waals surface area contributed by atoms with Crippen molar-refractivity contribution in [2.75, 3.05) is 12.9 Å². The van der Waals surface area contributed by atoms with Gasteiger partial charge in [0.25, 0.3) is 0 Å². The minimum atomic E-state index is -3.45. The van der Waals surface area contributed by atoms with Crippen molar-refractivity contribution in [3.63, 3.8) is 0 Å². The Balaban J connectivity index is 1.72. The molecular weight excluding hydrogens is 432 g/mol. The number of sulfone groups is 1. The Hall–Kier alpha value is -2.45. The minimum absolute atomic E-state index is 0.0879. The summed E-state index contributed by atoms with van der Waals surface area (Å²) in [5, 5.41) is 0. The SMILES string of the molecule is CCn1c(=NC(=O)CCCS(=O)(=O)c2ccc(OC)cc2)sc2cc(C(C)C)ccc21. The second kappa shape index (κ2) is 9.78. The van der Waals surface area contributed by atoms with Crippen LogP contribution >= 0.6 is 11.3 Å². The van der Waals surface area contributed by atoms with Crippen LogP contribution in [0, 0.1) is 0 Å². The molecule has 1 heterocycles. The molecule has 0 spiro atoms. The van der Waals surface area contributed by atoms with E-state index in [4.69, 9.17) is 4.74 Å². The van der Waals surface area contributed by atoms with Crippen molar-refractivity contribution < 1.29 is 17.9 Å². The largest absolute Gasteiger partial charge is 0.497 e. The van der Waals surface area contributed by atoms with Crippen LogP contribution < -0.4 is 9.54 Å². The lowest BCUT2D eigenvalue weighted by Gasteiger charge is -2.05. The zero-order valence-electron chi connectivity index (χ0n) is 18.3. The molecule has 0 saturated heterocycles. The number of rotatable bonds is 8. The van der Waals surface area contributed by atoms with Gasteiger partial charge in [-0.15, -0.1) is 0 Å². The van der Waals surface area contributed by atoms with Gasteiger partial charge in [0.1, 0.15) is 5.75 Å². The maximum absolute atomic E-state index is 12.5. The average molecular weight is 461 g/mol. The number of nitrogens with zero attached hydrogens (tertiary/aromatic N) is 2. The highest BCUT2D eigenvalue weighted by atomic mass is 32.2. The third-order valence-electron chi connectivity index (χ3n) is 5.13. The normalized spacial score (nSPS) is 12.6. The Labute approximate surface area is 187 Å². The van der Waals surface area contributed by atoms with Gasteiger partial charge < -0.3 is 9.30 Å². The van der Waals surface area contributed by atoms with Gasteiger partial charge in [-0.1, -0.05) is 31.3 Å². The number of hydrogen-bond donors (Lipinski definition) is 0. The van der Waals surface area contributed by atoms with Crippen LogP contribution in [0.4, 0.5) is 0 Å². The van der Waals surface area contributed by atoms with Crippen LogP contribution in [0.25, 0.3) is 10.2 Å². The quantitative estimate of drug-likeness (QED) is 0.495. The van der Waals surface area contributed by atoms with Crippen LogP contribution in [-0.4, -0.2) is 31.8 Å². The number of thiazole rings is 1. The summed E-state index contributed by atoms with van der Waals surface area (Å²) in [4.78, 5) is 17.6. The van der Waals surface area contributed by atoms with E-state index in [1.165, 1.54) is 36.1 Å². The van der Waals surface area contributed by atoms with E-state index in [1.54, 1.807) is 12.1 Å². The number of carbonyl (C=O) groups is 1. The average Bonchev–Trinajstić information content (AvgIpc) is 3.09. The summed E-state index contributed by atoms with van der Waals surface area (Å²) in [6.07, 6.45) is 0.315. The third kappa shape index (κ3) is 5.43. The molecular formula is C23H28N2O4S2. The number of amides is 1. The molecule has 2 aromatic carbocycles. The molecule has 31 heavy (non-hydrogen) atoms. The molecule has 0 fully saturated rings. The number of ether oxygens (including phenoxy) is 1. The number of methoxy groups -OCH3 is 1. The molecule has 0 aliphatic rings. The molecule has 0 atom stereocenters. The lowest BCUT2D eigenvalue weighted by atomic mass is 10.0. The molecule has 166 valence electrons. The van der Waals surface area contributed by atoms with E-state index in [2.05, 4.69) is 37.0 Å². The van der Waals surface area contributed by atoms with Gasteiger partial charge in [-0.2, -0.15) is 4.99 Å². The van der Waals surface area contributed by atoms with Crippen LogP contribution in [-0.2, 0) is 21.2 Å². The first-order valence-corrected chi connectivity index (χ1v) is 12.8. The number of carbonyl (C=O) groups excluding carboxylic acids is 1. The molecule has 3 rings (SSSR count). The minimum Gasteiger partial charge on any atom is -0.497 e. The molecule has 0 aliphatic carbocycles. The monoisotopic (exact) mass is 460 g/mol. The van der Waals surface area contributed by atoms with Crippen molar-refractivity contribution in [1.29, 1.82) is 0 Å². The summed E-state index contributed by atoms with van der Waals surface area (Å²) in [6.45, 7) is 7.03. The van der Waals surface area contributed by atoms with Gasteiger partial charge in [0.2, 0.25) is 5.91 Å². The number of hydrogen-bond acceptors (Lipinski definition) is 5. The molecule has 1 aromatic heterocycles. The van der Waals surface area contributed by atoms with Crippen molar-refractivity contribution in [3.8, 4) is 5.75 Å². The third-order valence-corrected chi connectivity index (χ3v) is 7.99. The predicted molar refractivity (Wildman–Crippen MR) is 124 cm³/mol. The van der Waals surface area contributed by atoms with E-state index >= 15 is 0 Å². The van der Waals surface area contributed by atoms with Gasteiger partial charge in [0.05, 0.1) is 28.0 Å². The number of aromatic nitrogens is 1. The predicted octanol–water partition coefficient (Wildman–Crippen LogP) is 4.54. The van der Waals surface area contributed by atoms with Crippen molar-refractivity contribution in [2.45, 2.75) is 51.0 Å². The molecule has 0 N–H and O–H groups in total. The van der Waals surface area contributed by atoms with Gasteiger partial charge in [0.15, 0.2) is 14.6 Å². The molecule has 0 unspecified atom stereocenters. The van der Waals surface area contributed by atoms with E-state index in [0.29, 0.717) is 23.0 Å². The highest BCUT2D eigenvalue weighted by Crippen LogP contribution is 2.23. The summed E-state index contributed by atoms with van der Waals surface area (Å²) >= 11 is 1.49. The number of fused-ring (bicyclic) bond motifs is 1. The summed E-state index contributed by atoms with van der Waals surface area (Å²) in [5.74, 6) is 0.624. The number of benzene rings is 2. The first-order chi connectivity index (χ1) is 14.7. The van der Waals surface area contributed by atoms with Crippen LogP contribution in [0.5, 0.6) is 5.75 Å².